The van der Waals surface area contributed by atoms with Crippen molar-refractivity contribution >= 4 is 5.97 Å². The molecule has 0 amide bonds. The fraction of sp³-hybridized carbons (Fsp3) is 0.889. The van der Waals surface area contributed by atoms with Crippen molar-refractivity contribution in [2.75, 3.05) is 19.7 Å². The number of aliphatic hydroxyl groups excluding tert-OH is 1. The summed E-state index contributed by atoms with van der Waals surface area (Å²) in [6.45, 7) is -0.506. The number of rotatable bonds is 6. The molecule has 0 aromatic carbocycles. The maximum Gasteiger partial charge on any atom is 0.403 e. The molecular weight excluding hydrogens is 227 g/mol. The lowest BCUT2D eigenvalue weighted by Gasteiger charge is -2.18. The summed E-state index contributed by atoms with van der Waals surface area (Å²) in [5.41, 5.74) is -0.325. The van der Waals surface area contributed by atoms with Gasteiger partial charge in [0.2, 0.25) is 0 Å². The highest BCUT2D eigenvalue weighted by Gasteiger charge is 2.46. The van der Waals surface area contributed by atoms with E-state index in [2.05, 4.69) is 5.32 Å². The van der Waals surface area contributed by atoms with Crippen LogP contribution in [0.5, 0.6) is 0 Å². The van der Waals surface area contributed by atoms with Crippen LogP contribution < -0.4 is 5.32 Å². The van der Waals surface area contributed by atoms with E-state index in [4.69, 9.17) is 10.2 Å². The average Bonchev–Trinajstić information content (AvgIpc) is 2.90. The van der Waals surface area contributed by atoms with Crippen LogP contribution >= 0.6 is 0 Å². The van der Waals surface area contributed by atoms with Crippen LogP contribution in [0.4, 0.5) is 13.2 Å². The third kappa shape index (κ3) is 3.34. The number of nitrogens with one attached hydrogen (secondary N) is 1. The van der Waals surface area contributed by atoms with Crippen molar-refractivity contribution in [3.05, 3.63) is 0 Å². The second kappa shape index (κ2) is 4.58. The SMILES string of the molecule is O=C(O)C(CNCC1(CO)CC1)C(F)(F)F. The Morgan fingerprint density at radius 1 is 1.44 bits per heavy atom. The lowest BCUT2D eigenvalue weighted by Crippen LogP contribution is -2.41. The number of halogens is 3. The Balaban J connectivity index is 2.37. The summed E-state index contributed by atoms with van der Waals surface area (Å²) in [7, 11) is 0. The largest absolute Gasteiger partial charge is 0.481 e. The van der Waals surface area contributed by atoms with Gasteiger partial charge >= 0.3 is 12.1 Å². The van der Waals surface area contributed by atoms with Crippen LogP contribution in [-0.2, 0) is 4.79 Å². The van der Waals surface area contributed by atoms with Gasteiger partial charge in [0.1, 0.15) is 0 Å². The number of carboxylic acids is 1. The zero-order chi connectivity index (χ0) is 12.4. The number of alkyl halides is 3. The monoisotopic (exact) mass is 241 g/mol. The van der Waals surface area contributed by atoms with Crippen molar-refractivity contribution < 1.29 is 28.2 Å². The number of hydrogen-bond acceptors (Lipinski definition) is 3. The van der Waals surface area contributed by atoms with Crippen molar-refractivity contribution in [2.24, 2.45) is 11.3 Å². The third-order valence-corrected chi connectivity index (χ3v) is 2.83. The first-order chi connectivity index (χ1) is 7.31. The van der Waals surface area contributed by atoms with Crippen LogP contribution in [0.25, 0.3) is 0 Å². The first kappa shape index (κ1) is 13.2. The van der Waals surface area contributed by atoms with Crippen LogP contribution in [-0.4, -0.2) is 42.1 Å². The normalized spacial score (nSPS) is 20.5. The van der Waals surface area contributed by atoms with Gasteiger partial charge in [-0.15, -0.1) is 0 Å². The molecule has 3 N–H and O–H groups in total. The second-order valence-electron chi connectivity index (χ2n) is 4.22. The number of carbonyl (C=O) groups is 1. The minimum absolute atomic E-state index is 0.0796. The van der Waals surface area contributed by atoms with E-state index >= 15 is 0 Å². The van der Waals surface area contributed by atoms with Gasteiger partial charge in [-0.25, -0.2) is 0 Å². The molecule has 1 saturated carbocycles. The number of hydrogen-bond donors (Lipinski definition) is 3. The molecule has 1 atom stereocenters. The van der Waals surface area contributed by atoms with E-state index in [1.165, 1.54) is 0 Å². The fourth-order valence-corrected chi connectivity index (χ4v) is 1.39. The molecule has 94 valence electrons. The molecule has 7 heteroatoms. The Labute approximate surface area is 90.4 Å². The molecule has 1 unspecified atom stereocenters. The molecule has 4 nitrogen and oxygen atoms in total. The molecule has 0 heterocycles. The van der Waals surface area contributed by atoms with Crippen LogP contribution in [0.3, 0.4) is 0 Å². The van der Waals surface area contributed by atoms with E-state index in [0.717, 1.165) is 12.8 Å². The zero-order valence-electron chi connectivity index (χ0n) is 8.55. The van der Waals surface area contributed by atoms with Crippen molar-refractivity contribution in [3.8, 4) is 0 Å². The summed E-state index contributed by atoms with van der Waals surface area (Å²) in [5, 5.41) is 19.8. The molecular formula is C9H14F3NO3. The minimum atomic E-state index is -4.74. The molecule has 16 heavy (non-hydrogen) atoms. The summed E-state index contributed by atoms with van der Waals surface area (Å²) >= 11 is 0. The van der Waals surface area contributed by atoms with Crippen LogP contribution in [0.2, 0.25) is 0 Å². The summed E-state index contributed by atoms with van der Waals surface area (Å²) in [6, 6.07) is 0. The summed E-state index contributed by atoms with van der Waals surface area (Å²) < 4.78 is 36.7. The maximum absolute atomic E-state index is 12.2. The van der Waals surface area contributed by atoms with Crippen molar-refractivity contribution in [1.82, 2.24) is 5.32 Å². The van der Waals surface area contributed by atoms with Gasteiger partial charge in [-0.05, 0) is 12.8 Å². The molecule has 0 saturated heterocycles. The summed E-state index contributed by atoms with van der Waals surface area (Å²) in [4.78, 5) is 10.4. The lowest BCUT2D eigenvalue weighted by molar-refractivity contribution is -0.192. The highest BCUT2D eigenvalue weighted by Crippen LogP contribution is 2.44. The molecule has 0 aromatic rings. The van der Waals surface area contributed by atoms with Gasteiger partial charge in [-0.1, -0.05) is 0 Å². The molecule has 1 fully saturated rings. The van der Waals surface area contributed by atoms with E-state index in [0.29, 0.717) is 0 Å². The first-order valence-corrected chi connectivity index (χ1v) is 4.92. The highest BCUT2D eigenvalue weighted by atomic mass is 19.4. The Morgan fingerprint density at radius 3 is 2.31 bits per heavy atom. The fourth-order valence-electron chi connectivity index (χ4n) is 1.39. The maximum atomic E-state index is 12.2. The van der Waals surface area contributed by atoms with E-state index in [1.807, 2.05) is 0 Å². The number of aliphatic hydroxyl groups is 1. The Morgan fingerprint density at radius 2 is 2.00 bits per heavy atom. The lowest BCUT2D eigenvalue weighted by atomic mass is 10.1. The van der Waals surface area contributed by atoms with Gasteiger partial charge in [0.25, 0.3) is 0 Å². The average molecular weight is 241 g/mol. The van der Waals surface area contributed by atoms with Gasteiger partial charge in [0, 0.05) is 25.1 Å². The van der Waals surface area contributed by atoms with Crippen molar-refractivity contribution in [3.63, 3.8) is 0 Å². The van der Waals surface area contributed by atoms with E-state index < -0.39 is 24.6 Å². The van der Waals surface area contributed by atoms with E-state index in [9.17, 15) is 18.0 Å². The summed E-state index contributed by atoms with van der Waals surface area (Å²) in [5.74, 6) is -4.27. The zero-order valence-corrected chi connectivity index (χ0v) is 8.55. The van der Waals surface area contributed by atoms with Crippen molar-refractivity contribution in [1.29, 1.82) is 0 Å². The van der Waals surface area contributed by atoms with Gasteiger partial charge in [-0.2, -0.15) is 13.2 Å². The van der Waals surface area contributed by atoms with Crippen LogP contribution in [0.1, 0.15) is 12.8 Å². The quantitative estimate of drug-likeness (QED) is 0.637. The van der Waals surface area contributed by atoms with Crippen molar-refractivity contribution in [2.45, 2.75) is 19.0 Å². The predicted octanol–water partition coefficient (Wildman–Crippen LogP) is 0.612. The van der Waals surface area contributed by atoms with E-state index in [-0.39, 0.29) is 18.6 Å². The Hall–Kier alpha value is -0.820. The first-order valence-electron chi connectivity index (χ1n) is 4.92. The minimum Gasteiger partial charge on any atom is -0.481 e. The highest BCUT2D eigenvalue weighted by molar-refractivity contribution is 5.71. The molecule has 1 aliphatic rings. The molecule has 0 bridgehead atoms. The molecule has 0 aliphatic heterocycles. The summed E-state index contributed by atoms with van der Waals surface area (Å²) in [6.07, 6.45) is -3.21. The van der Waals surface area contributed by atoms with Gasteiger partial charge in [-0.3, -0.25) is 4.79 Å². The van der Waals surface area contributed by atoms with E-state index in [1.54, 1.807) is 0 Å². The molecule has 1 rings (SSSR count). The van der Waals surface area contributed by atoms with Gasteiger partial charge in [0.15, 0.2) is 5.92 Å². The standard InChI is InChI=1S/C9H14F3NO3/c10-9(11,12)6(7(15)16)3-13-4-8(5-14)1-2-8/h6,13-14H,1-5H2,(H,15,16). The molecule has 0 radical (unpaired) electrons. The van der Waals surface area contributed by atoms with Gasteiger partial charge < -0.3 is 15.5 Å². The number of carboxylic acid groups (broad SMARTS) is 1. The smallest absolute Gasteiger partial charge is 0.403 e. The second-order valence-corrected chi connectivity index (χ2v) is 4.22. The Kier molecular flexibility index (Phi) is 3.80. The van der Waals surface area contributed by atoms with Crippen LogP contribution in [0.15, 0.2) is 0 Å². The van der Waals surface area contributed by atoms with Crippen LogP contribution in [0, 0.1) is 11.3 Å². The topological polar surface area (TPSA) is 69.6 Å². The predicted molar refractivity (Wildman–Crippen MR) is 48.8 cm³/mol. The molecule has 0 spiro atoms. The third-order valence-electron chi connectivity index (χ3n) is 2.83. The molecule has 0 aromatic heterocycles. The van der Waals surface area contributed by atoms with Gasteiger partial charge in [0.05, 0.1) is 0 Å². The molecule has 1 aliphatic carbocycles. The number of aliphatic carboxylic acids is 1. The Bertz CT molecular complexity index is 263.